The molecule has 0 aliphatic heterocycles. The Bertz CT molecular complexity index is 788. The normalized spacial score (nSPS) is 10.6. The molecule has 3 rings (SSSR count). The van der Waals surface area contributed by atoms with Gasteiger partial charge in [-0.2, -0.15) is 0 Å². The Hall–Kier alpha value is -2.46. The molecular weight excluding hydrogens is 289 g/mol. The van der Waals surface area contributed by atoms with Gasteiger partial charge in [0.05, 0.1) is 11.4 Å². The van der Waals surface area contributed by atoms with Gasteiger partial charge in [0.1, 0.15) is 5.82 Å². The van der Waals surface area contributed by atoms with Crippen molar-refractivity contribution in [3.63, 3.8) is 0 Å². The molecule has 21 heavy (non-hydrogen) atoms. The van der Waals surface area contributed by atoms with E-state index in [0.29, 0.717) is 16.4 Å². The molecule has 0 saturated heterocycles. The highest BCUT2D eigenvalue weighted by Gasteiger charge is 2.07. The van der Waals surface area contributed by atoms with Gasteiger partial charge in [-0.15, -0.1) is 0 Å². The molecule has 1 heterocycles. The van der Waals surface area contributed by atoms with E-state index in [9.17, 15) is 4.39 Å². The third-order valence-corrected chi connectivity index (χ3v) is 3.24. The van der Waals surface area contributed by atoms with Crippen molar-refractivity contribution >= 4 is 17.5 Å². The van der Waals surface area contributed by atoms with E-state index in [0.717, 1.165) is 11.1 Å². The number of hydrogen-bond acceptors (Lipinski definition) is 3. The summed E-state index contributed by atoms with van der Waals surface area (Å²) >= 11 is 5.99. The predicted octanol–water partition coefficient (Wildman–Crippen LogP) is 4.19. The third kappa shape index (κ3) is 3.01. The molecule has 0 aliphatic rings. The van der Waals surface area contributed by atoms with Crippen LogP contribution in [-0.4, -0.2) is 9.97 Å². The molecule has 0 saturated carbocycles. The SMILES string of the molecule is Nc1nc(-c2ccc(F)cc2)cc(-c2cccc(Cl)c2)n1. The van der Waals surface area contributed by atoms with E-state index in [2.05, 4.69) is 9.97 Å². The van der Waals surface area contributed by atoms with Crippen LogP contribution >= 0.6 is 11.6 Å². The number of benzene rings is 2. The van der Waals surface area contributed by atoms with Gasteiger partial charge in [0, 0.05) is 16.1 Å². The quantitative estimate of drug-likeness (QED) is 0.772. The summed E-state index contributed by atoms with van der Waals surface area (Å²) in [5.41, 5.74) is 8.70. The molecule has 0 radical (unpaired) electrons. The fourth-order valence-corrected chi connectivity index (χ4v) is 2.22. The Morgan fingerprint density at radius 3 is 2.19 bits per heavy atom. The van der Waals surface area contributed by atoms with E-state index < -0.39 is 0 Å². The molecule has 0 fully saturated rings. The van der Waals surface area contributed by atoms with Gasteiger partial charge in [0.15, 0.2) is 0 Å². The van der Waals surface area contributed by atoms with Crippen molar-refractivity contribution in [2.75, 3.05) is 5.73 Å². The van der Waals surface area contributed by atoms with Gasteiger partial charge in [-0.05, 0) is 42.5 Å². The lowest BCUT2D eigenvalue weighted by Gasteiger charge is -2.07. The van der Waals surface area contributed by atoms with Crippen molar-refractivity contribution in [3.05, 3.63) is 65.4 Å². The lowest BCUT2D eigenvalue weighted by Crippen LogP contribution is -1.98. The Morgan fingerprint density at radius 1 is 0.857 bits per heavy atom. The van der Waals surface area contributed by atoms with Gasteiger partial charge in [0.25, 0.3) is 0 Å². The molecule has 0 amide bonds. The monoisotopic (exact) mass is 299 g/mol. The smallest absolute Gasteiger partial charge is 0.221 e. The maximum Gasteiger partial charge on any atom is 0.221 e. The zero-order valence-electron chi connectivity index (χ0n) is 10.9. The highest BCUT2D eigenvalue weighted by molar-refractivity contribution is 6.30. The number of nitrogen functional groups attached to an aromatic ring is 1. The first-order valence-corrected chi connectivity index (χ1v) is 6.66. The van der Waals surface area contributed by atoms with Crippen molar-refractivity contribution < 1.29 is 4.39 Å². The molecule has 104 valence electrons. The van der Waals surface area contributed by atoms with Gasteiger partial charge in [-0.1, -0.05) is 23.7 Å². The first-order valence-electron chi connectivity index (χ1n) is 6.28. The van der Waals surface area contributed by atoms with Gasteiger partial charge >= 0.3 is 0 Å². The Balaban J connectivity index is 2.10. The molecule has 2 aromatic carbocycles. The second kappa shape index (κ2) is 5.50. The molecule has 0 bridgehead atoms. The van der Waals surface area contributed by atoms with Gasteiger partial charge in [-0.3, -0.25) is 0 Å². The summed E-state index contributed by atoms with van der Waals surface area (Å²) in [5, 5.41) is 0.619. The minimum absolute atomic E-state index is 0.159. The van der Waals surface area contributed by atoms with Crippen LogP contribution in [0, 0.1) is 5.82 Å². The van der Waals surface area contributed by atoms with Crippen LogP contribution < -0.4 is 5.73 Å². The molecule has 1 aromatic heterocycles. The van der Waals surface area contributed by atoms with Crippen LogP contribution in [0.1, 0.15) is 0 Å². The molecule has 3 nitrogen and oxygen atoms in total. The second-order valence-corrected chi connectivity index (χ2v) is 4.95. The van der Waals surface area contributed by atoms with E-state index in [-0.39, 0.29) is 11.8 Å². The first kappa shape index (κ1) is 13.5. The van der Waals surface area contributed by atoms with Gasteiger partial charge < -0.3 is 5.73 Å². The second-order valence-electron chi connectivity index (χ2n) is 4.51. The third-order valence-electron chi connectivity index (χ3n) is 3.00. The number of anilines is 1. The first-order chi connectivity index (χ1) is 10.1. The van der Waals surface area contributed by atoms with E-state index in [1.54, 1.807) is 30.3 Å². The van der Waals surface area contributed by atoms with Crippen LogP contribution in [0.25, 0.3) is 22.5 Å². The fraction of sp³-hybridized carbons (Fsp3) is 0. The molecular formula is C16H11ClFN3. The Kier molecular flexibility index (Phi) is 3.54. The fourth-order valence-electron chi connectivity index (χ4n) is 2.03. The zero-order valence-corrected chi connectivity index (χ0v) is 11.7. The van der Waals surface area contributed by atoms with Crippen LogP contribution in [0.2, 0.25) is 5.02 Å². The van der Waals surface area contributed by atoms with Crippen molar-refractivity contribution in [2.24, 2.45) is 0 Å². The molecule has 0 atom stereocenters. The number of halogens is 2. The minimum atomic E-state index is -0.296. The molecule has 5 heteroatoms. The van der Waals surface area contributed by atoms with E-state index in [4.69, 9.17) is 17.3 Å². The van der Waals surface area contributed by atoms with Crippen LogP contribution in [0.4, 0.5) is 10.3 Å². The van der Waals surface area contributed by atoms with Crippen LogP contribution in [0.3, 0.4) is 0 Å². The van der Waals surface area contributed by atoms with Crippen molar-refractivity contribution in [1.29, 1.82) is 0 Å². The van der Waals surface area contributed by atoms with E-state index in [1.165, 1.54) is 12.1 Å². The van der Waals surface area contributed by atoms with Crippen LogP contribution in [0.5, 0.6) is 0 Å². The molecule has 0 aliphatic carbocycles. The number of aromatic nitrogens is 2. The summed E-state index contributed by atoms with van der Waals surface area (Å²) in [5.74, 6) is -0.136. The molecule has 3 aromatic rings. The number of rotatable bonds is 2. The van der Waals surface area contributed by atoms with Crippen molar-refractivity contribution in [1.82, 2.24) is 9.97 Å². The zero-order chi connectivity index (χ0) is 14.8. The number of nitrogens with zero attached hydrogens (tertiary/aromatic N) is 2. The minimum Gasteiger partial charge on any atom is -0.368 e. The van der Waals surface area contributed by atoms with Gasteiger partial charge in [0.2, 0.25) is 5.95 Å². The summed E-state index contributed by atoms with van der Waals surface area (Å²) in [6.45, 7) is 0. The maximum atomic E-state index is 13.0. The predicted molar refractivity (Wildman–Crippen MR) is 82.3 cm³/mol. The van der Waals surface area contributed by atoms with E-state index in [1.807, 2.05) is 12.1 Å². The van der Waals surface area contributed by atoms with Gasteiger partial charge in [-0.25, -0.2) is 14.4 Å². The Labute approximate surface area is 126 Å². The standard InChI is InChI=1S/C16H11ClFN3/c17-12-3-1-2-11(8-12)15-9-14(20-16(19)21-15)10-4-6-13(18)7-5-10/h1-9H,(H2,19,20,21). The summed E-state index contributed by atoms with van der Waals surface area (Å²) < 4.78 is 13.0. The summed E-state index contributed by atoms with van der Waals surface area (Å²) in [4.78, 5) is 8.42. The molecule has 0 unspecified atom stereocenters. The van der Waals surface area contributed by atoms with Crippen LogP contribution in [-0.2, 0) is 0 Å². The average molecular weight is 300 g/mol. The topological polar surface area (TPSA) is 51.8 Å². The van der Waals surface area contributed by atoms with Crippen LogP contribution in [0.15, 0.2) is 54.6 Å². The maximum absolute atomic E-state index is 13.0. The Morgan fingerprint density at radius 2 is 1.52 bits per heavy atom. The van der Waals surface area contributed by atoms with E-state index >= 15 is 0 Å². The summed E-state index contributed by atoms with van der Waals surface area (Å²) in [6.07, 6.45) is 0. The lowest BCUT2D eigenvalue weighted by atomic mass is 10.1. The highest BCUT2D eigenvalue weighted by Crippen LogP contribution is 2.26. The van der Waals surface area contributed by atoms with Crippen molar-refractivity contribution in [2.45, 2.75) is 0 Å². The molecule has 0 spiro atoms. The van der Waals surface area contributed by atoms with Crippen molar-refractivity contribution in [3.8, 4) is 22.5 Å². The number of nitrogens with two attached hydrogens (primary N) is 1. The lowest BCUT2D eigenvalue weighted by molar-refractivity contribution is 0.628. The average Bonchev–Trinajstić information content (AvgIpc) is 2.47. The highest BCUT2D eigenvalue weighted by atomic mass is 35.5. The summed E-state index contributed by atoms with van der Waals surface area (Å²) in [6, 6.07) is 15.2. The largest absolute Gasteiger partial charge is 0.368 e. The number of hydrogen-bond donors (Lipinski definition) is 1. The molecule has 2 N–H and O–H groups in total. The summed E-state index contributed by atoms with van der Waals surface area (Å²) in [7, 11) is 0.